The third-order valence-electron chi connectivity index (χ3n) is 3.85. The molecular weight excluding hydrogens is 311 g/mol. The van der Waals surface area contributed by atoms with Gasteiger partial charge >= 0.3 is 12.1 Å². The fourth-order valence-corrected chi connectivity index (χ4v) is 1.96. The first-order chi connectivity index (χ1) is 10.5. The van der Waals surface area contributed by atoms with Gasteiger partial charge in [0.25, 0.3) is 0 Å². The van der Waals surface area contributed by atoms with Gasteiger partial charge in [0.2, 0.25) is 5.91 Å². The lowest BCUT2D eigenvalue weighted by molar-refractivity contribution is -0.147. The van der Waals surface area contributed by atoms with Crippen molar-refractivity contribution in [1.82, 2.24) is 5.32 Å². The predicted molar refractivity (Wildman–Crippen MR) is 78.8 cm³/mol. The molecule has 128 valence electrons. The highest BCUT2D eigenvalue weighted by Crippen LogP contribution is 2.29. The van der Waals surface area contributed by atoms with Crippen LogP contribution < -0.4 is 5.32 Å². The van der Waals surface area contributed by atoms with Crippen molar-refractivity contribution in [2.45, 2.75) is 45.3 Å². The van der Waals surface area contributed by atoms with E-state index in [1.807, 2.05) is 0 Å². The van der Waals surface area contributed by atoms with E-state index < -0.39 is 35.1 Å². The lowest BCUT2D eigenvalue weighted by atomic mass is 9.95. The summed E-state index contributed by atoms with van der Waals surface area (Å²) in [6.07, 6.45) is -3.95. The molecule has 0 bridgehead atoms. The van der Waals surface area contributed by atoms with Crippen LogP contribution in [0.15, 0.2) is 24.3 Å². The molecule has 1 rings (SSSR count). The van der Waals surface area contributed by atoms with Crippen molar-refractivity contribution in [3.05, 3.63) is 35.4 Å². The summed E-state index contributed by atoms with van der Waals surface area (Å²) in [5.41, 5.74) is -1.53. The van der Waals surface area contributed by atoms with Crippen LogP contribution in [0.4, 0.5) is 13.2 Å². The van der Waals surface area contributed by atoms with Crippen LogP contribution in [0.25, 0.3) is 0 Å². The van der Waals surface area contributed by atoms with Crippen molar-refractivity contribution >= 4 is 11.9 Å². The molecule has 1 aromatic carbocycles. The van der Waals surface area contributed by atoms with Crippen molar-refractivity contribution < 1.29 is 27.9 Å². The molecule has 1 amide bonds. The molecule has 0 radical (unpaired) electrons. The van der Waals surface area contributed by atoms with Crippen LogP contribution in [0.3, 0.4) is 0 Å². The minimum absolute atomic E-state index is 0.223. The molecule has 4 nitrogen and oxygen atoms in total. The Labute approximate surface area is 132 Å². The van der Waals surface area contributed by atoms with Gasteiger partial charge in [-0.15, -0.1) is 0 Å². The third kappa shape index (κ3) is 4.97. The quantitative estimate of drug-likeness (QED) is 0.841. The number of carbonyl (C=O) groups is 2. The largest absolute Gasteiger partial charge is 0.480 e. The second-order valence-electron chi connectivity index (χ2n) is 5.78. The number of nitrogens with one attached hydrogen (secondary N) is 1. The molecule has 0 heterocycles. The number of aliphatic carboxylic acids is 1. The Morgan fingerprint density at radius 3 is 2.13 bits per heavy atom. The smallest absolute Gasteiger partial charge is 0.416 e. The fraction of sp³-hybridized carbons (Fsp3) is 0.500. The maximum Gasteiger partial charge on any atom is 0.416 e. The summed E-state index contributed by atoms with van der Waals surface area (Å²) in [7, 11) is 0. The molecule has 2 atom stereocenters. The number of benzene rings is 1. The first kappa shape index (κ1) is 19.0. The fourth-order valence-electron chi connectivity index (χ4n) is 1.96. The van der Waals surface area contributed by atoms with Crippen LogP contribution >= 0.6 is 0 Å². The maximum absolute atomic E-state index is 12.5. The number of amides is 1. The van der Waals surface area contributed by atoms with Gasteiger partial charge in [0, 0.05) is 5.92 Å². The van der Waals surface area contributed by atoms with Gasteiger partial charge in [-0.1, -0.05) is 26.0 Å². The summed E-state index contributed by atoms with van der Waals surface area (Å²) >= 11 is 0. The lowest BCUT2D eigenvalue weighted by Crippen LogP contribution is -2.53. The Kier molecular flexibility index (Phi) is 5.80. The van der Waals surface area contributed by atoms with Gasteiger partial charge in [-0.3, -0.25) is 4.79 Å². The van der Waals surface area contributed by atoms with Crippen LogP contribution in [0.2, 0.25) is 0 Å². The zero-order chi connectivity index (χ0) is 17.8. The van der Waals surface area contributed by atoms with Crippen LogP contribution in [0, 0.1) is 5.92 Å². The van der Waals surface area contributed by atoms with E-state index in [1.165, 1.54) is 19.1 Å². The maximum atomic E-state index is 12.5. The van der Waals surface area contributed by atoms with Gasteiger partial charge in [-0.2, -0.15) is 13.2 Å². The summed E-state index contributed by atoms with van der Waals surface area (Å²) in [6.45, 7) is 4.66. The number of rotatable bonds is 6. The zero-order valence-electron chi connectivity index (χ0n) is 13.2. The lowest BCUT2D eigenvalue weighted by Gasteiger charge is -2.26. The number of carboxylic acid groups (broad SMARTS) is 1. The second-order valence-corrected chi connectivity index (χ2v) is 5.78. The van der Waals surface area contributed by atoms with Crippen LogP contribution in [-0.2, 0) is 22.2 Å². The number of carbonyl (C=O) groups excluding carboxylic acids is 1. The summed E-state index contributed by atoms with van der Waals surface area (Å²) < 4.78 is 37.5. The van der Waals surface area contributed by atoms with Gasteiger partial charge in [-0.25, -0.2) is 4.79 Å². The normalized spacial score (nSPS) is 15.6. The van der Waals surface area contributed by atoms with Gasteiger partial charge in [0.1, 0.15) is 5.54 Å². The summed E-state index contributed by atoms with van der Waals surface area (Å²) in [4.78, 5) is 23.3. The highest BCUT2D eigenvalue weighted by molar-refractivity contribution is 5.87. The van der Waals surface area contributed by atoms with Crippen LogP contribution in [0.1, 0.15) is 38.3 Å². The van der Waals surface area contributed by atoms with Crippen molar-refractivity contribution in [2.75, 3.05) is 0 Å². The minimum Gasteiger partial charge on any atom is -0.480 e. The summed E-state index contributed by atoms with van der Waals surface area (Å²) in [5, 5.41) is 11.6. The monoisotopic (exact) mass is 331 g/mol. The van der Waals surface area contributed by atoms with Crippen molar-refractivity contribution in [3.63, 3.8) is 0 Å². The molecule has 0 saturated carbocycles. The molecule has 0 aliphatic heterocycles. The number of carboxylic acids is 1. The number of hydrogen-bond donors (Lipinski definition) is 2. The number of alkyl halides is 3. The van der Waals surface area contributed by atoms with E-state index in [-0.39, 0.29) is 12.8 Å². The Morgan fingerprint density at radius 2 is 1.74 bits per heavy atom. The molecule has 0 aliphatic rings. The van der Waals surface area contributed by atoms with E-state index in [2.05, 4.69) is 5.32 Å². The molecule has 0 aliphatic carbocycles. The van der Waals surface area contributed by atoms with E-state index in [1.54, 1.807) is 13.8 Å². The number of halogens is 3. The van der Waals surface area contributed by atoms with Gasteiger partial charge in [0.05, 0.1) is 5.56 Å². The molecule has 0 fully saturated rings. The van der Waals surface area contributed by atoms with E-state index in [0.29, 0.717) is 5.56 Å². The SMILES string of the molecule is CCC(C)(NC(=O)C(C)Cc1ccc(C(F)(F)F)cc1)C(=O)O. The molecule has 0 saturated heterocycles. The van der Waals surface area contributed by atoms with Crippen molar-refractivity contribution in [3.8, 4) is 0 Å². The Bertz CT molecular complexity index is 569. The topological polar surface area (TPSA) is 66.4 Å². The predicted octanol–water partition coefficient (Wildman–Crippen LogP) is 3.25. The molecule has 2 unspecified atom stereocenters. The van der Waals surface area contributed by atoms with Crippen LogP contribution in [-0.4, -0.2) is 22.5 Å². The van der Waals surface area contributed by atoms with Crippen molar-refractivity contribution in [1.29, 1.82) is 0 Å². The van der Waals surface area contributed by atoms with E-state index in [4.69, 9.17) is 5.11 Å². The first-order valence-corrected chi connectivity index (χ1v) is 7.21. The van der Waals surface area contributed by atoms with Gasteiger partial charge in [0.15, 0.2) is 0 Å². The molecule has 0 aromatic heterocycles. The number of hydrogen-bond acceptors (Lipinski definition) is 2. The average Bonchev–Trinajstić information content (AvgIpc) is 2.46. The molecule has 23 heavy (non-hydrogen) atoms. The summed E-state index contributed by atoms with van der Waals surface area (Å²) in [6, 6.07) is 4.58. The average molecular weight is 331 g/mol. The highest BCUT2D eigenvalue weighted by atomic mass is 19.4. The standard InChI is InChI=1S/C16H20F3NO3/c1-4-15(3,14(22)23)20-13(21)10(2)9-11-5-7-12(8-6-11)16(17,18)19/h5-8,10H,4,9H2,1-3H3,(H,20,21)(H,22,23). The van der Waals surface area contributed by atoms with Gasteiger partial charge in [-0.05, 0) is 37.5 Å². The zero-order valence-corrected chi connectivity index (χ0v) is 13.2. The molecule has 1 aromatic rings. The Hall–Kier alpha value is -2.05. The summed E-state index contributed by atoms with van der Waals surface area (Å²) in [5.74, 6) is -2.14. The highest BCUT2D eigenvalue weighted by Gasteiger charge is 2.34. The van der Waals surface area contributed by atoms with Crippen LogP contribution in [0.5, 0.6) is 0 Å². The third-order valence-corrected chi connectivity index (χ3v) is 3.85. The molecule has 7 heteroatoms. The first-order valence-electron chi connectivity index (χ1n) is 7.21. The molecule has 2 N–H and O–H groups in total. The molecular formula is C16H20F3NO3. The van der Waals surface area contributed by atoms with Gasteiger partial charge < -0.3 is 10.4 Å². The second kappa shape index (κ2) is 7.02. The Balaban J connectivity index is 2.74. The minimum atomic E-state index is -4.40. The molecule has 0 spiro atoms. The Morgan fingerprint density at radius 1 is 1.22 bits per heavy atom. The van der Waals surface area contributed by atoms with E-state index in [9.17, 15) is 22.8 Å². The van der Waals surface area contributed by atoms with Crippen molar-refractivity contribution in [2.24, 2.45) is 5.92 Å². The van der Waals surface area contributed by atoms with E-state index >= 15 is 0 Å². The van der Waals surface area contributed by atoms with E-state index in [0.717, 1.165) is 12.1 Å².